The predicted molar refractivity (Wildman–Crippen MR) is 69.8 cm³/mol. The summed E-state index contributed by atoms with van der Waals surface area (Å²) in [6.07, 6.45) is 2.65. The molecule has 3 atom stereocenters. The highest BCUT2D eigenvalue weighted by Crippen LogP contribution is 2.23. The molecule has 2 N–H and O–H groups in total. The lowest BCUT2D eigenvalue weighted by Crippen LogP contribution is -2.41. The number of benzene rings is 1. The lowest BCUT2D eigenvalue weighted by Gasteiger charge is -2.31. The summed E-state index contributed by atoms with van der Waals surface area (Å²) in [5.41, 5.74) is 15.6. The van der Waals surface area contributed by atoms with Gasteiger partial charge < -0.3 is 10.5 Å². The maximum absolute atomic E-state index is 8.43. The highest BCUT2D eigenvalue weighted by Gasteiger charge is 2.27. The Morgan fingerprint density at radius 3 is 2.78 bits per heavy atom. The Hall–Kier alpha value is -1.55. The zero-order chi connectivity index (χ0) is 12.8. The number of hydrogen-bond donors (Lipinski definition) is 1. The third kappa shape index (κ3) is 3.47. The largest absolute Gasteiger partial charge is 0.373 e. The second kappa shape index (κ2) is 6.40. The molecule has 0 radical (unpaired) electrons. The van der Waals surface area contributed by atoms with Crippen molar-refractivity contribution in [3.8, 4) is 0 Å². The Labute approximate surface area is 107 Å². The van der Waals surface area contributed by atoms with E-state index in [1.807, 2.05) is 30.3 Å². The van der Waals surface area contributed by atoms with E-state index in [0.29, 0.717) is 6.61 Å². The average molecular weight is 246 g/mol. The van der Waals surface area contributed by atoms with Gasteiger partial charge in [-0.25, -0.2) is 0 Å². The van der Waals surface area contributed by atoms with Crippen LogP contribution >= 0.6 is 0 Å². The second-order valence-corrected chi connectivity index (χ2v) is 4.67. The molecule has 0 heterocycles. The maximum Gasteiger partial charge on any atom is 0.0720 e. The molecule has 2 rings (SSSR count). The molecule has 0 bridgehead atoms. The average Bonchev–Trinajstić information content (AvgIpc) is 2.41. The van der Waals surface area contributed by atoms with Crippen LogP contribution in [0.2, 0.25) is 0 Å². The molecule has 96 valence electrons. The first-order valence-electron chi connectivity index (χ1n) is 6.25. The zero-order valence-corrected chi connectivity index (χ0v) is 10.3. The number of nitrogens with zero attached hydrogens (tertiary/aromatic N) is 3. The van der Waals surface area contributed by atoms with Gasteiger partial charge in [-0.3, -0.25) is 0 Å². The fraction of sp³-hybridized carbons (Fsp3) is 0.538. The van der Waals surface area contributed by atoms with Gasteiger partial charge in [-0.15, -0.1) is 0 Å². The number of hydrogen-bond acceptors (Lipinski definition) is 3. The predicted octanol–water partition coefficient (Wildman–Crippen LogP) is 2.76. The Bertz CT molecular complexity index is 416. The molecule has 1 aromatic carbocycles. The maximum atomic E-state index is 8.43. The van der Waals surface area contributed by atoms with Crippen LogP contribution in [0.25, 0.3) is 10.4 Å². The fourth-order valence-electron chi connectivity index (χ4n) is 2.30. The molecule has 0 aliphatic heterocycles. The van der Waals surface area contributed by atoms with Crippen molar-refractivity contribution in [1.82, 2.24) is 0 Å². The van der Waals surface area contributed by atoms with Crippen molar-refractivity contribution in [3.63, 3.8) is 0 Å². The van der Waals surface area contributed by atoms with Gasteiger partial charge in [-0.1, -0.05) is 35.4 Å². The van der Waals surface area contributed by atoms with E-state index in [4.69, 9.17) is 16.0 Å². The summed E-state index contributed by atoms with van der Waals surface area (Å²) >= 11 is 0. The Balaban J connectivity index is 1.81. The van der Waals surface area contributed by atoms with Crippen LogP contribution in [-0.4, -0.2) is 18.2 Å². The second-order valence-electron chi connectivity index (χ2n) is 4.67. The van der Waals surface area contributed by atoms with Crippen LogP contribution in [0.15, 0.2) is 35.4 Å². The Morgan fingerprint density at radius 2 is 2.11 bits per heavy atom. The zero-order valence-electron chi connectivity index (χ0n) is 10.3. The molecule has 5 heteroatoms. The van der Waals surface area contributed by atoms with Crippen LogP contribution in [-0.2, 0) is 11.3 Å². The van der Waals surface area contributed by atoms with Gasteiger partial charge in [0.25, 0.3) is 0 Å². The molecule has 1 aliphatic rings. The van der Waals surface area contributed by atoms with Gasteiger partial charge in [-0.05, 0) is 30.4 Å². The van der Waals surface area contributed by atoms with Gasteiger partial charge in [0.15, 0.2) is 0 Å². The highest BCUT2D eigenvalue weighted by atomic mass is 16.5. The number of ether oxygens (including phenoxy) is 1. The lowest BCUT2D eigenvalue weighted by molar-refractivity contribution is 0.00871. The van der Waals surface area contributed by atoms with Gasteiger partial charge in [0.2, 0.25) is 0 Å². The topological polar surface area (TPSA) is 84.0 Å². The Morgan fingerprint density at radius 1 is 1.33 bits per heavy atom. The quantitative estimate of drug-likeness (QED) is 0.503. The summed E-state index contributed by atoms with van der Waals surface area (Å²) in [6, 6.07) is 9.93. The third-order valence-electron chi connectivity index (χ3n) is 3.34. The summed E-state index contributed by atoms with van der Waals surface area (Å²) in [6.45, 7) is 0.615. The van der Waals surface area contributed by atoms with Gasteiger partial charge in [-0.2, -0.15) is 0 Å². The molecule has 0 aromatic heterocycles. The smallest absolute Gasteiger partial charge is 0.0720 e. The van der Waals surface area contributed by atoms with Crippen molar-refractivity contribution in [1.29, 1.82) is 0 Å². The first kappa shape index (κ1) is 12.9. The van der Waals surface area contributed by atoms with E-state index in [0.717, 1.165) is 19.3 Å². The van der Waals surface area contributed by atoms with Crippen molar-refractivity contribution in [3.05, 3.63) is 46.3 Å². The molecule has 5 nitrogen and oxygen atoms in total. The van der Waals surface area contributed by atoms with Crippen LogP contribution in [0.1, 0.15) is 24.8 Å². The van der Waals surface area contributed by atoms with E-state index >= 15 is 0 Å². The van der Waals surface area contributed by atoms with Crippen molar-refractivity contribution in [2.75, 3.05) is 0 Å². The standard InChI is InChI=1S/C13H18N4O/c14-12-8-11(6-7-13(12)16-17-15)18-9-10-4-2-1-3-5-10/h1-5,11-13H,6-9,14H2/t11-,12-,13-/m0/s1. The van der Waals surface area contributed by atoms with E-state index in [-0.39, 0.29) is 18.2 Å². The first-order chi connectivity index (χ1) is 8.79. The normalized spacial score (nSPS) is 27.5. The molecule has 1 saturated carbocycles. The molecule has 0 saturated heterocycles. The summed E-state index contributed by atoms with van der Waals surface area (Å²) in [5.74, 6) is 0. The minimum absolute atomic E-state index is 0.0772. The van der Waals surface area contributed by atoms with Crippen LogP contribution in [0.3, 0.4) is 0 Å². The first-order valence-corrected chi connectivity index (χ1v) is 6.25. The van der Waals surface area contributed by atoms with Crippen LogP contribution < -0.4 is 5.73 Å². The third-order valence-corrected chi connectivity index (χ3v) is 3.34. The lowest BCUT2D eigenvalue weighted by atomic mass is 9.89. The van der Waals surface area contributed by atoms with E-state index < -0.39 is 0 Å². The molecule has 0 amide bonds. The summed E-state index contributed by atoms with van der Waals surface area (Å²) in [4.78, 5) is 2.83. The summed E-state index contributed by atoms with van der Waals surface area (Å²) < 4.78 is 5.85. The molecule has 0 spiro atoms. The Kier molecular flexibility index (Phi) is 4.59. The van der Waals surface area contributed by atoms with E-state index in [1.165, 1.54) is 5.56 Å². The van der Waals surface area contributed by atoms with Crippen molar-refractivity contribution in [2.24, 2.45) is 10.8 Å². The summed E-state index contributed by atoms with van der Waals surface area (Å²) in [7, 11) is 0. The summed E-state index contributed by atoms with van der Waals surface area (Å²) in [5, 5.41) is 3.72. The molecule has 1 aromatic rings. The van der Waals surface area contributed by atoms with Crippen molar-refractivity contribution in [2.45, 2.75) is 44.1 Å². The number of azide groups is 1. The monoisotopic (exact) mass is 246 g/mol. The van der Waals surface area contributed by atoms with Crippen LogP contribution in [0.4, 0.5) is 0 Å². The van der Waals surface area contributed by atoms with Crippen LogP contribution in [0, 0.1) is 0 Å². The van der Waals surface area contributed by atoms with Gasteiger partial charge in [0.05, 0.1) is 18.8 Å². The SMILES string of the molecule is [N-]=[N+]=N[C@H]1CC[C@H](OCc2ccccc2)C[C@@H]1N. The van der Waals surface area contributed by atoms with Crippen LogP contribution in [0.5, 0.6) is 0 Å². The van der Waals surface area contributed by atoms with Gasteiger partial charge in [0, 0.05) is 11.0 Å². The highest BCUT2D eigenvalue weighted by molar-refractivity contribution is 5.13. The minimum Gasteiger partial charge on any atom is -0.373 e. The minimum atomic E-state index is -0.0876. The van der Waals surface area contributed by atoms with Crippen molar-refractivity contribution >= 4 is 0 Å². The van der Waals surface area contributed by atoms with E-state index in [9.17, 15) is 0 Å². The molecular formula is C13H18N4O. The molecule has 18 heavy (non-hydrogen) atoms. The molecule has 0 unspecified atom stereocenters. The number of nitrogens with two attached hydrogens (primary N) is 1. The fourth-order valence-corrected chi connectivity index (χ4v) is 2.30. The number of rotatable bonds is 4. The van der Waals surface area contributed by atoms with E-state index in [2.05, 4.69) is 10.0 Å². The molecular weight excluding hydrogens is 228 g/mol. The van der Waals surface area contributed by atoms with Gasteiger partial charge in [0.1, 0.15) is 0 Å². The van der Waals surface area contributed by atoms with E-state index in [1.54, 1.807) is 0 Å². The van der Waals surface area contributed by atoms with Gasteiger partial charge >= 0.3 is 0 Å². The molecule has 1 fully saturated rings. The molecule has 1 aliphatic carbocycles. The van der Waals surface area contributed by atoms with Crippen molar-refractivity contribution < 1.29 is 4.74 Å².